The molecule has 1 aliphatic heterocycles. The third-order valence-electron chi connectivity index (χ3n) is 4.79. The smallest absolute Gasteiger partial charge is 0.0701 e. The molecular formula is C16H32N2O3. The summed E-state index contributed by atoms with van der Waals surface area (Å²) >= 11 is 0. The Labute approximate surface area is 129 Å². The van der Waals surface area contributed by atoms with Crippen LogP contribution in [0.3, 0.4) is 0 Å². The van der Waals surface area contributed by atoms with Crippen molar-refractivity contribution in [2.75, 3.05) is 59.8 Å². The minimum Gasteiger partial charge on any atom is -0.382 e. The van der Waals surface area contributed by atoms with Gasteiger partial charge in [-0.3, -0.25) is 4.90 Å². The second-order valence-corrected chi connectivity index (χ2v) is 6.58. The highest BCUT2D eigenvalue weighted by molar-refractivity contribution is 5.04. The molecule has 2 fully saturated rings. The monoisotopic (exact) mass is 300 g/mol. The molecule has 0 spiro atoms. The predicted molar refractivity (Wildman–Crippen MR) is 83.7 cm³/mol. The molecule has 0 aromatic heterocycles. The summed E-state index contributed by atoms with van der Waals surface area (Å²) in [4.78, 5) is 2.64. The van der Waals surface area contributed by atoms with E-state index in [1.165, 1.54) is 12.8 Å². The van der Waals surface area contributed by atoms with Crippen molar-refractivity contribution in [3.05, 3.63) is 0 Å². The quantitative estimate of drug-likeness (QED) is 0.613. The maximum absolute atomic E-state index is 5.72. The van der Waals surface area contributed by atoms with Gasteiger partial charge in [0.1, 0.15) is 0 Å². The first-order valence-corrected chi connectivity index (χ1v) is 8.29. The molecular weight excluding hydrogens is 268 g/mol. The number of hydrogen-bond donors (Lipinski definition) is 1. The summed E-state index contributed by atoms with van der Waals surface area (Å²) in [5.41, 5.74) is 0.324. The molecule has 0 aromatic carbocycles. The van der Waals surface area contributed by atoms with Crippen molar-refractivity contribution in [3.8, 4) is 0 Å². The average molecular weight is 300 g/mol. The zero-order valence-electron chi connectivity index (χ0n) is 13.9. The van der Waals surface area contributed by atoms with Gasteiger partial charge in [-0.2, -0.15) is 0 Å². The molecule has 0 aromatic rings. The first kappa shape index (κ1) is 17.2. The van der Waals surface area contributed by atoms with Crippen molar-refractivity contribution in [3.63, 3.8) is 0 Å². The lowest BCUT2D eigenvalue weighted by Gasteiger charge is -2.48. The molecule has 124 valence electrons. The van der Waals surface area contributed by atoms with E-state index in [1.807, 2.05) is 0 Å². The van der Waals surface area contributed by atoms with Crippen LogP contribution < -0.4 is 5.32 Å². The van der Waals surface area contributed by atoms with Crippen LogP contribution in [-0.2, 0) is 14.2 Å². The van der Waals surface area contributed by atoms with Crippen LogP contribution in [0.15, 0.2) is 0 Å². The van der Waals surface area contributed by atoms with E-state index < -0.39 is 0 Å². The van der Waals surface area contributed by atoms with Crippen LogP contribution in [0.25, 0.3) is 0 Å². The molecule has 5 nitrogen and oxygen atoms in total. The van der Waals surface area contributed by atoms with Gasteiger partial charge >= 0.3 is 0 Å². The maximum atomic E-state index is 5.72. The summed E-state index contributed by atoms with van der Waals surface area (Å²) in [7, 11) is 1.69. The minimum absolute atomic E-state index is 0.324. The van der Waals surface area contributed by atoms with E-state index in [-0.39, 0.29) is 0 Å². The average Bonchev–Trinajstić information content (AvgIpc) is 3.30. The number of nitrogens with zero attached hydrogens (tertiary/aromatic N) is 1. The molecule has 1 N–H and O–H groups in total. The summed E-state index contributed by atoms with van der Waals surface area (Å²) in [6, 6.07) is 0.578. The third kappa shape index (κ3) is 5.18. The topological polar surface area (TPSA) is 43.0 Å². The second-order valence-electron chi connectivity index (χ2n) is 6.58. The lowest BCUT2D eigenvalue weighted by atomic mass is 9.90. The van der Waals surface area contributed by atoms with Crippen LogP contribution in [0.5, 0.6) is 0 Å². The van der Waals surface area contributed by atoms with Gasteiger partial charge in [0.15, 0.2) is 0 Å². The lowest BCUT2D eigenvalue weighted by molar-refractivity contribution is -0.00871. The van der Waals surface area contributed by atoms with Gasteiger partial charge in [-0.15, -0.1) is 0 Å². The Morgan fingerprint density at radius 3 is 2.43 bits per heavy atom. The zero-order valence-corrected chi connectivity index (χ0v) is 13.9. The molecule has 1 saturated carbocycles. The Kier molecular flexibility index (Phi) is 6.89. The maximum Gasteiger partial charge on any atom is 0.0701 e. The highest BCUT2D eigenvalue weighted by Crippen LogP contribution is 2.43. The van der Waals surface area contributed by atoms with E-state index in [2.05, 4.69) is 24.1 Å². The van der Waals surface area contributed by atoms with E-state index in [4.69, 9.17) is 14.2 Å². The van der Waals surface area contributed by atoms with E-state index in [1.54, 1.807) is 7.11 Å². The van der Waals surface area contributed by atoms with Crippen LogP contribution in [0.4, 0.5) is 0 Å². The Hall–Kier alpha value is -0.200. The largest absolute Gasteiger partial charge is 0.382 e. The molecule has 21 heavy (non-hydrogen) atoms. The van der Waals surface area contributed by atoms with Gasteiger partial charge in [0.2, 0.25) is 0 Å². The normalized spacial score (nSPS) is 30.7. The van der Waals surface area contributed by atoms with E-state index in [0.717, 1.165) is 32.2 Å². The van der Waals surface area contributed by atoms with Crippen LogP contribution >= 0.6 is 0 Å². The van der Waals surface area contributed by atoms with Crippen LogP contribution in [-0.4, -0.2) is 76.3 Å². The molecule has 2 aliphatic rings. The lowest BCUT2D eigenvalue weighted by Crippen LogP contribution is -2.64. The van der Waals surface area contributed by atoms with Crippen molar-refractivity contribution < 1.29 is 14.2 Å². The Morgan fingerprint density at radius 2 is 1.76 bits per heavy atom. The van der Waals surface area contributed by atoms with Gasteiger partial charge in [-0.25, -0.2) is 0 Å². The van der Waals surface area contributed by atoms with Crippen molar-refractivity contribution in [2.45, 2.75) is 38.3 Å². The number of hydrogen-bond acceptors (Lipinski definition) is 5. The molecule has 5 heteroatoms. The van der Waals surface area contributed by atoms with Crippen molar-refractivity contribution in [1.29, 1.82) is 0 Å². The Balaban J connectivity index is 1.61. The number of nitrogens with one attached hydrogen (secondary N) is 1. The van der Waals surface area contributed by atoms with Crippen LogP contribution in [0, 0.1) is 5.92 Å². The standard InChI is InChI=1S/C16H32N2O3/c1-14-12-18(16(2,13-17-14)15-4-5-15)6-7-20-10-11-21-9-8-19-3/h14-15,17H,4-13H2,1-3H3. The van der Waals surface area contributed by atoms with Gasteiger partial charge < -0.3 is 19.5 Å². The molecule has 1 heterocycles. The van der Waals surface area contributed by atoms with Gasteiger partial charge in [-0.05, 0) is 32.6 Å². The predicted octanol–water partition coefficient (Wildman–Crippen LogP) is 1.13. The first-order valence-electron chi connectivity index (χ1n) is 8.29. The van der Waals surface area contributed by atoms with E-state index in [9.17, 15) is 0 Å². The molecule has 2 unspecified atom stereocenters. The summed E-state index contributed by atoms with van der Waals surface area (Å²) < 4.78 is 16.0. The minimum atomic E-state index is 0.324. The number of methoxy groups -OCH3 is 1. The van der Waals surface area contributed by atoms with Crippen molar-refractivity contribution in [2.24, 2.45) is 5.92 Å². The van der Waals surface area contributed by atoms with Crippen molar-refractivity contribution >= 4 is 0 Å². The van der Waals surface area contributed by atoms with Gasteiger partial charge in [0.25, 0.3) is 0 Å². The summed E-state index contributed by atoms with van der Waals surface area (Å²) in [6.45, 7) is 11.4. The van der Waals surface area contributed by atoms with Gasteiger partial charge in [0, 0.05) is 38.3 Å². The Bertz CT molecular complexity index is 299. The molecule has 0 amide bonds. The number of ether oxygens (including phenoxy) is 3. The van der Waals surface area contributed by atoms with Crippen molar-refractivity contribution in [1.82, 2.24) is 10.2 Å². The van der Waals surface area contributed by atoms with E-state index in [0.29, 0.717) is 38.0 Å². The fraction of sp³-hybridized carbons (Fsp3) is 1.00. The molecule has 0 bridgehead atoms. The highest BCUT2D eigenvalue weighted by atomic mass is 16.5. The highest BCUT2D eigenvalue weighted by Gasteiger charge is 2.47. The zero-order chi connectivity index (χ0) is 15.1. The summed E-state index contributed by atoms with van der Waals surface area (Å²) in [5.74, 6) is 0.870. The first-order chi connectivity index (χ1) is 10.2. The molecule has 2 atom stereocenters. The van der Waals surface area contributed by atoms with Gasteiger partial charge in [-0.1, -0.05) is 0 Å². The molecule has 1 saturated heterocycles. The third-order valence-corrected chi connectivity index (χ3v) is 4.79. The van der Waals surface area contributed by atoms with Gasteiger partial charge in [0.05, 0.1) is 33.0 Å². The van der Waals surface area contributed by atoms with Crippen LogP contribution in [0.1, 0.15) is 26.7 Å². The fourth-order valence-electron chi connectivity index (χ4n) is 3.19. The fourth-order valence-corrected chi connectivity index (χ4v) is 3.19. The van der Waals surface area contributed by atoms with E-state index >= 15 is 0 Å². The number of piperazine rings is 1. The number of rotatable bonds is 10. The SMILES string of the molecule is COCCOCCOCCN1CC(C)NCC1(C)C1CC1. The summed E-state index contributed by atoms with van der Waals surface area (Å²) in [5, 5.41) is 3.64. The Morgan fingerprint density at radius 1 is 1.10 bits per heavy atom. The molecule has 0 radical (unpaired) electrons. The van der Waals surface area contributed by atoms with Crippen LogP contribution in [0.2, 0.25) is 0 Å². The molecule has 2 rings (SSSR count). The summed E-state index contributed by atoms with van der Waals surface area (Å²) in [6.07, 6.45) is 2.77. The second kappa shape index (κ2) is 8.44. The molecule has 1 aliphatic carbocycles.